The Labute approximate surface area is 106 Å². The molecule has 1 fully saturated rings. The Balaban J connectivity index is 1.77. The minimum absolute atomic E-state index is 0.948. The van der Waals surface area contributed by atoms with Crippen molar-refractivity contribution in [2.24, 2.45) is 5.92 Å². The van der Waals surface area contributed by atoms with E-state index in [9.17, 15) is 0 Å². The van der Waals surface area contributed by atoms with Crippen LogP contribution in [0.3, 0.4) is 0 Å². The average Bonchev–Trinajstić information content (AvgIpc) is 2.67. The van der Waals surface area contributed by atoms with Crippen molar-refractivity contribution in [3.63, 3.8) is 0 Å². The third-order valence-corrected chi connectivity index (χ3v) is 4.89. The third kappa shape index (κ3) is 3.47. The summed E-state index contributed by atoms with van der Waals surface area (Å²) in [7, 11) is 0. The monoisotopic (exact) mass is 256 g/mol. The lowest BCUT2D eigenvalue weighted by Crippen LogP contribution is -2.33. The molecule has 0 aliphatic carbocycles. The molecule has 2 heterocycles. The normalized spacial score (nSPS) is 19.1. The molecule has 1 aliphatic rings. The quantitative estimate of drug-likeness (QED) is 0.824. The Hall–Kier alpha value is -0.0600. The van der Waals surface area contributed by atoms with E-state index in [0.717, 1.165) is 18.2 Å². The van der Waals surface area contributed by atoms with Crippen LogP contribution in [0.25, 0.3) is 0 Å². The molecule has 1 aromatic heterocycles. The van der Waals surface area contributed by atoms with Gasteiger partial charge >= 0.3 is 0 Å². The molecule has 2 rings (SSSR count). The van der Waals surface area contributed by atoms with Crippen molar-refractivity contribution in [3.05, 3.63) is 16.1 Å². The molecule has 0 N–H and O–H groups in total. The fourth-order valence-electron chi connectivity index (χ4n) is 2.21. The molecule has 0 amide bonds. The maximum absolute atomic E-state index is 4.53. The minimum Gasteiger partial charge on any atom is -0.297 e. The van der Waals surface area contributed by atoms with Gasteiger partial charge in [-0.05, 0) is 50.8 Å². The predicted molar refractivity (Wildman–Crippen MR) is 73.2 cm³/mol. The summed E-state index contributed by atoms with van der Waals surface area (Å²) in [4.78, 5) is 7.08. The number of aryl methyl sites for hydroxylation is 1. The van der Waals surface area contributed by atoms with Gasteiger partial charge in [0.15, 0.2) is 0 Å². The molecule has 0 aromatic carbocycles. The van der Waals surface area contributed by atoms with E-state index in [0.29, 0.717) is 0 Å². The zero-order chi connectivity index (χ0) is 11.4. The Morgan fingerprint density at radius 3 is 2.81 bits per heavy atom. The molecule has 0 saturated carbocycles. The van der Waals surface area contributed by atoms with Gasteiger partial charge in [-0.2, -0.15) is 11.8 Å². The number of aromatic nitrogens is 1. The van der Waals surface area contributed by atoms with Crippen LogP contribution in [0.1, 0.15) is 23.5 Å². The summed E-state index contributed by atoms with van der Waals surface area (Å²) >= 11 is 3.79. The fraction of sp³-hybridized carbons (Fsp3) is 0.750. The molecular formula is C12H20N2S2. The van der Waals surface area contributed by atoms with E-state index >= 15 is 0 Å². The number of piperidine rings is 1. The van der Waals surface area contributed by atoms with Crippen LogP contribution in [0.5, 0.6) is 0 Å². The SMILES string of the molecule is CSCC1CCN(Cc2nc(C)cs2)CC1. The molecule has 0 atom stereocenters. The highest BCUT2D eigenvalue weighted by Gasteiger charge is 2.19. The van der Waals surface area contributed by atoms with Crippen LogP contribution in [0, 0.1) is 12.8 Å². The minimum atomic E-state index is 0.948. The van der Waals surface area contributed by atoms with E-state index in [4.69, 9.17) is 0 Å². The van der Waals surface area contributed by atoms with Crippen molar-refractivity contribution in [1.29, 1.82) is 0 Å². The van der Waals surface area contributed by atoms with E-state index in [-0.39, 0.29) is 0 Å². The highest BCUT2D eigenvalue weighted by molar-refractivity contribution is 7.98. The van der Waals surface area contributed by atoms with Gasteiger partial charge in [0.2, 0.25) is 0 Å². The molecule has 0 radical (unpaired) electrons. The third-order valence-electron chi connectivity index (χ3n) is 3.13. The zero-order valence-electron chi connectivity index (χ0n) is 10.1. The second-order valence-electron chi connectivity index (χ2n) is 4.56. The van der Waals surface area contributed by atoms with Gasteiger partial charge in [0, 0.05) is 11.1 Å². The Bertz CT molecular complexity index is 317. The summed E-state index contributed by atoms with van der Waals surface area (Å²) in [6.45, 7) is 5.64. The first-order chi connectivity index (χ1) is 7.78. The number of thiazole rings is 1. The molecule has 16 heavy (non-hydrogen) atoms. The standard InChI is InChI=1S/C12H20N2S2/c1-10-8-16-12(13-10)7-14-5-3-11(4-6-14)9-15-2/h8,11H,3-7,9H2,1-2H3. The molecule has 2 nitrogen and oxygen atoms in total. The van der Waals surface area contributed by atoms with Crippen LogP contribution in [-0.2, 0) is 6.54 Å². The molecule has 0 bridgehead atoms. The van der Waals surface area contributed by atoms with Crippen LogP contribution in [0.2, 0.25) is 0 Å². The van der Waals surface area contributed by atoms with E-state index in [2.05, 4.69) is 28.4 Å². The molecule has 1 aliphatic heterocycles. The molecule has 0 unspecified atom stereocenters. The highest BCUT2D eigenvalue weighted by Crippen LogP contribution is 2.22. The Morgan fingerprint density at radius 1 is 1.50 bits per heavy atom. The Kier molecular flexibility index (Phi) is 4.67. The number of hydrogen-bond donors (Lipinski definition) is 0. The van der Waals surface area contributed by atoms with Crippen molar-refractivity contribution < 1.29 is 0 Å². The number of nitrogens with zero attached hydrogens (tertiary/aromatic N) is 2. The van der Waals surface area contributed by atoms with Crippen molar-refractivity contribution in [2.45, 2.75) is 26.3 Å². The van der Waals surface area contributed by atoms with Gasteiger partial charge in [-0.15, -0.1) is 11.3 Å². The van der Waals surface area contributed by atoms with Crippen molar-refractivity contribution in [2.75, 3.05) is 25.1 Å². The van der Waals surface area contributed by atoms with E-state index in [1.54, 1.807) is 11.3 Å². The summed E-state index contributed by atoms with van der Waals surface area (Å²) in [6, 6.07) is 0. The van der Waals surface area contributed by atoms with Gasteiger partial charge < -0.3 is 0 Å². The summed E-state index contributed by atoms with van der Waals surface area (Å²) in [6.07, 6.45) is 4.95. The Morgan fingerprint density at radius 2 is 2.25 bits per heavy atom. The second-order valence-corrected chi connectivity index (χ2v) is 6.41. The molecule has 1 saturated heterocycles. The smallest absolute Gasteiger partial charge is 0.107 e. The topological polar surface area (TPSA) is 16.1 Å². The maximum Gasteiger partial charge on any atom is 0.107 e. The van der Waals surface area contributed by atoms with Crippen LogP contribution in [0.15, 0.2) is 5.38 Å². The van der Waals surface area contributed by atoms with Crippen LogP contribution >= 0.6 is 23.1 Å². The van der Waals surface area contributed by atoms with Crippen molar-refractivity contribution in [1.82, 2.24) is 9.88 Å². The first kappa shape index (κ1) is 12.4. The van der Waals surface area contributed by atoms with E-state index in [1.807, 2.05) is 11.8 Å². The largest absolute Gasteiger partial charge is 0.297 e. The maximum atomic E-state index is 4.53. The van der Waals surface area contributed by atoms with Gasteiger partial charge in [0.25, 0.3) is 0 Å². The van der Waals surface area contributed by atoms with E-state index < -0.39 is 0 Å². The lowest BCUT2D eigenvalue weighted by atomic mass is 9.99. The second kappa shape index (κ2) is 6.03. The lowest BCUT2D eigenvalue weighted by Gasteiger charge is -2.30. The van der Waals surface area contributed by atoms with Crippen LogP contribution < -0.4 is 0 Å². The predicted octanol–water partition coefficient (Wildman–Crippen LogP) is 3.03. The zero-order valence-corrected chi connectivity index (χ0v) is 11.7. The van der Waals surface area contributed by atoms with E-state index in [1.165, 1.54) is 36.7 Å². The van der Waals surface area contributed by atoms with Gasteiger partial charge in [-0.25, -0.2) is 4.98 Å². The number of thioether (sulfide) groups is 1. The molecular weight excluding hydrogens is 236 g/mol. The molecule has 4 heteroatoms. The van der Waals surface area contributed by atoms with Crippen LogP contribution in [0.4, 0.5) is 0 Å². The number of likely N-dealkylation sites (tertiary alicyclic amines) is 1. The van der Waals surface area contributed by atoms with Crippen molar-refractivity contribution in [3.8, 4) is 0 Å². The summed E-state index contributed by atoms with van der Waals surface area (Å²) in [5.41, 5.74) is 1.16. The van der Waals surface area contributed by atoms with Crippen molar-refractivity contribution >= 4 is 23.1 Å². The average molecular weight is 256 g/mol. The number of rotatable bonds is 4. The van der Waals surface area contributed by atoms with Gasteiger partial charge in [0.1, 0.15) is 5.01 Å². The molecule has 0 spiro atoms. The van der Waals surface area contributed by atoms with Gasteiger partial charge in [-0.1, -0.05) is 0 Å². The summed E-state index contributed by atoms with van der Waals surface area (Å²) in [5, 5.41) is 3.43. The highest BCUT2D eigenvalue weighted by atomic mass is 32.2. The molecule has 90 valence electrons. The van der Waals surface area contributed by atoms with Crippen LogP contribution in [-0.4, -0.2) is 35.0 Å². The van der Waals surface area contributed by atoms with Gasteiger partial charge in [0.05, 0.1) is 6.54 Å². The lowest BCUT2D eigenvalue weighted by molar-refractivity contribution is 0.187. The molecule has 1 aromatic rings. The fourth-order valence-corrected chi connectivity index (χ4v) is 3.83. The first-order valence-corrected chi connectivity index (χ1v) is 8.17. The summed E-state index contributed by atoms with van der Waals surface area (Å²) in [5.74, 6) is 2.29. The van der Waals surface area contributed by atoms with Gasteiger partial charge in [-0.3, -0.25) is 4.90 Å². The first-order valence-electron chi connectivity index (χ1n) is 5.90. The number of hydrogen-bond acceptors (Lipinski definition) is 4. The summed E-state index contributed by atoms with van der Waals surface area (Å²) < 4.78 is 0.